The van der Waals surface area contributed by atoms with E-state index in [1.54, 1.807) is 19.4 Å². The smallest absolute Gasteiger partial charge is 0.273 e. The Balaban J connectivity index is 1.44. The van der Waals surface area contributed by atoms with Gasteiger partial charge in [-0.1, -0.05) is 17.3 Å². The van der Waals surface area contributed by atoms with E-state index in [-0.39, 0.29) is 17.6 Å². The Morgan fingerprint density at radius 1 is 1.25 bits per heavy atom. The molecule has 0 spiro atoms. The van der Waals surface area contributed by atoms with Gasteiger partial charge in [0, 0.05) is 18.2 Å². The highest BCUT2D eigenvalue weighted by molar-refractivity contribution is 5.93. The molecule has 1 amide bonds. The molecule has 28 heavy (non-hydrogen) atoms. The van der Waals surface area contributed by atoms with E-state index in [1.165, 1.54) is 12.8 Å². The van der Waals surface area contributed by atoms with Crippen molar-refractivity contribution in [2.24, 2.45) is 0 Å². The van der Waals surface area contributed by atoms with Crippen LogP contribution in [-0.4, -0.2) is 42.7 Å². The van der Waals surface area contributed by atoms with Crippen molar-refractivity contribution >= 4 is 5.91 Å². The molecule has 0 bridgehead atoms. The molecule has 1 fully saturated rings. The van der Waals surface area contributed by atoms with E-state index in [1.807, 2.05) is 36.4 Å². The van der Waals surface area contributed by atoms with E-state index in [0.717, 1.165) is 24.4 Å². The van der Waals surface area contributed by atoms with Crippen LogP contribution in [0.4, 0.5) is 0 Å². The summed E-state index contributed by atoms with van der Waals surface area (Å²) in [7, 11) is 1.61. The lowest BCUT2D eigenvalue weighted by Crippen LogP contribution is -2.36. The van der Waals surface area contributed by atoms with Gasteiger partial charge in [-0.25, -0.2) is 0 Å². The number of nitrogens with one attached hydrogen (secondary N) is 1. The number of aromatic nitrogens is 1. The monoisotopic (exact) mass is 381 g/mol. The summed E-state index contributed by atoms with van der Waals surface area (Å²) in [4.78, 5) is 14.9. The van der Waals surface area contributed by atoms with E-state index in [9.17, 15) is 4.79 Å². The van der Waals surface area contributed by atoms with Gasteiger partial charge in [0.15, 0.2) is 11.5 Å². The predicted molar refractivity (Wildman–Crippen MR) is 103 cm³/mol. The van der Waals surface area contributed by atoms with Crippen LogP contribution < -0.4 is 10.1 Å². The minimum atomic E-state index is -0.270. The van der Waals surface area contributed by atoms with Crippen LogP contribution in [0, 0.1) is 0 Å². The molecule has 1 unspecified atom stereocenters. The Bertz CT molecular complexity index is 913. The van der Waals surface area contributed by atoms with Crippen molar-refractivity contribution in [2.45, 2.75) is 18.9 Å². The molecule has 1 N–H and O–H groups in total. The molecular formula is C21H23N3O4. The highest BCUT2D eigenvalue weighted by atomic mass is 16.5. The van der Waals surface area contributed by atoms with Gasteiger partial charge in [-0.3, -0.25) is 9.69 Å². The molecule has 3 heterocycles. The number of nitrogens with zero attached hydrogens (tertiary/aromatic N) is 2. The molecule has 0 aliphatic carbocycles. The molecule has 3 aromatic rings. The molecular weight excluding hydrogens is 358 g/mol. The fourth-order valence-corrected chi connectivity index (χ4v) is 3.52. The van der Waals surface area contributed by atoms with Crippen molar-refractivity contribution in [1.82, 2.24) is 15.4 Å². The Hall–Kier alpha value is -3.06. The van der Waals surface area contributed by atoms with Crippen LogP contribution in [-0.2, 0) is 0 Å². The molecule has 1 atom stereocenters. The SMILES string of the molecule is COc1cccc(-c2cc(C(=O)NCC(c3ccco3)N3CCCC3)no2)c1. The Morgan fingerprint density at radius 2 is 2.11 bits per heavy atom. The first-order chi connectivity index (χ1) is 13.7. The van der Waals surface area contributed by atoms with E-state index >= 15 is 0 Å². The van der Waals surface area contributed by atoms with Crippen LogP contribution in [0.1, 0.15) is 35.1 Å². The van der Waals surface area contributed by atoms with Gasteiger partial charge in [-0.15, -0.1) is 0 Å². The third-order valence-corrected chi connectivity index (χ3v) is 5.01. The maximum Gasteiger partial charge on any atom is 0.273 e. The van der Waals surface area contributed by atoms with Gasteiger partial charge in [-0.05, 0) is 50.2 Å². The molecule has 0 radical (unpaired) electrons. The minimum Gasteiger partial charge on any atom is -0.497 e. The largest absolute Gasteiger partial charge is 0.497 e. The molecule has 1 saturated heterocycles. The first-order valence-electron chi connectivity index (χ1n) is 9.41. The van der Waals surface area contributed by atoms with Crippen LogP contribution in [0.2, 0.25) is 0 Å². The van der Waals surface area contributed by atoms with Gasteiger partial charge in [0.25, 0.3) is 5.91 Å². The van der Waals surface area contributed by atoms with Crippen LogP contribution in [0.25, 0.3) is 11.3 Å². The number of hydrogen-bond donors (Lipinski definition) is 1. The highest BCUT2D eigenvalue weighted by Gasteiger charge is 2.26. The fraction of sp³-hybridized carbons (Fsp3) is 0.333. The number of benzene rings is 1. The highest BCUT2D eigenvalue weighted by Crippen LogP contribution is 2.26. The van der Waals surface area contributed by atoms with E-state index in [2.05, 4.69) is 15.4 Å². The number of methoxy groups -OCH3 is 1. The number of furan rings is 1. The average Bonchev–Trinajstić information content (AvgIpc) is 3.50. The fourth-order valence-electron chi connectivity index (χ4n) is 3.52. The zero-order valence-electron chi connectivity index (χ0n) is 15.8. The quantitative estimate of drug-likeness (QED) is 0.675. The molecule has 0 saturated carbocycles. The number of hydrogen-bond acceptors (Lipinski definition) is 6. The lowest BCUT2D eigenvalue weighted by atomic mass is 10.1. The van der Waals surface area contributed by atoms with Gasteiger partial charge < -0.3 is 19.0 Å². The standard InChI is InChI=1S/C21H23N3O4/c1-26-16-7-4-6-15(12-16)20-13-17(23-28-20)21(25)22-14-18(19-8-5-11-27-19)24-9-2-3-10-24/h4-8,11-13,18H,2-3,9-10,14H2,1H3,(H,22,25). The van der Waals surface area contributed by atoms with Crippen molar-refractivity contribution < 1.29 is 18.5 Å². The van der Waals surface area contributed by atoms with Gasteiger partial charge in [0.2, 0.25) is 0 Å². The third-order valence-electron chi connectivity index (χ3n) is 5.01. The third kappa shape index (κ3) is 3.94. The first-order valence-corrected chi connectivity index (χ1v) is 9.41. The van der Waals surface area contributed by atoms with Crippen molar-refractivity contribution in [3.8, 4) is 17.1 Å². The number of likely N-dealkylation sites (tertiary alicyclic amines) is 1. The van der Waals surface area contributed by atoms with Crippen molar-refractivity contribution in [3.63, 3.8) is 0 Å². The number of carbonyl (C=O) groups excluding carboxylic acids is 1. The van der Waals surface area contributed by atoms with Gasteiger partial charge in [0.1, 0.15) is 11.5 Å². The summed E-state index contributed by atoms with van der Waals surface area (Å²) in [5, 5.41) is 6.89. The average molecular weight is 381 g/mol. The second-order valence-electron chi connectivity index (χ2n) is 6.79. The molecule has 7 nitrogen and oxygen atoms in total. The maximum absolute atomic E-state index is 12.6. The van der Waals surface area contributed by atoms with E-state index in [0.29, 0.717) is 18.1 Å². The summed E-state index contributed by atoms with van der Waals surface area (Å²) in [6, 6.07) is 12.9. The molecule has 7 heteroatoms. The minimum absolute atomic E-state index is 0.0196. The van der Waals surface area contributed by atoms with Crippen LogP contribution in [0.3, 0.4) is 0 Å². The summed E-state index contributed by atoms with van der Waals surface area (Å²) in [5.41, 5.74) is 1.05. The molecule has 1 aliphatic heterocycles. The van der Waals surface area contributed by atoms with Crippen molar-refractivity contribution in [1.29, 1.82) is 0 Å². The number of ether oxygens (including phenoxy) is 1. The summed E-state index contributed by atoms with van der Waals surface area (Å²) >= 11 is 0. The zero-order valence-corrected chi connectivity index (χ0v) is 15.8. The van der Waals surface area contributed by atoms with Gasteiger partial charge >= 0.3 is 0 Å². The predicted octanol–water partition coefficient (Wildman–Crippen LogP) is 3.51. The normalized spacial score (nSPS) is 15.5. The molecule has 1 aromatic carbocycles. The van der Waals surface area contributed by atoms with E-state index < -0.39 is 0 Å². The maximum atomic E-state index is 12.6. The Kier molecular flexibility index (Phi) is 5.43. The number of rotatable bonds is 7. The van der Waals surface area contributed by atoms with Crippen LogP contribution >= 0.6 is 0 Å². The van der Waals surface area contributed by atoms with Crippen molar-refractivity contribution in [3.05, 3.63) is 60.2 Å². The summed E-state index contributed by atoms with van der Waals surface area (Å²) in [6.45, 7) is 2.46. The Morgan fingerprint density at radius 3 is 2.86 bits per heavy atom. The molecule has 4 rings (SSSR count). The van der Waals surface area contributed by atoms with E-state index in [4.69, 9.17) is 13.7 Å². The summed E-state index contributed by atoms with van der Waals surface area (Å²) in [5.74, 6) is 1.83. The lowest BCUT2D eigenvalue weighted by Gasteiger charge is -2.25. The lowest BCUT2D eigenvalue weighted by molar-refractivity contribution is 0.0925. The zero-order chi connectivity index (χ0) is 19.3. The Labute approximate surface area is 163 Å². The topological polar surface area (TPSA) is 80.7 Å². The van der Waals surface area contributed by atoms with Crippen LogP contribution in [0.15, 0.2) is 57.7 Å². The first kappa shape index (κ1) is 18.3. The van der Waals surface area contributed by atoms with Crippen LogP contribution in [0.5, 0.6) is 5.75 Å². The number of amides is 1. The second kappa shape index (κ2) is 8.31. The summed E-state index contributed by atoms with van der Waals surface area (Å²) in [6.07, 6.45) is 3.99. The van der Waals surface area contributed by atoms with Gasteiger partial charge in [0.05, 0.1) is 19.4 Å². The molecule has 146 valence electrons. The molecule has 1 aliphatic rings. The number of carbonyl (C=O) groups is 1. The van der Waals surface area contributed by atoms with Gasteiger partial charge in [-0.2, -0.15) is 0 Å². The second-order valence-corrected chi connectivity index (χ2v) is 6.79. The van der Waals surface area contributed by atoms with Crippen molar-refractivity contribution in [2.75, 3.05) is 26.7 Å². The summed E-state index contributed by atoms with van der Waals surface area (Å²) < 4.78 is 16.2. The molecule has 2 aromatic heterocycles.